The van der Waals surface area contributed by atoms with Crippen molar-refractivity contribution in [1.82, 2.24) is 20.2 Å². The number of para-hydroxylation sites is 2. The van der Waals surface area contributed by atoms with E-state index < -0.39 is 5.91 Å². The summed E-state index contributed by atoms with van der Waals surface area (Å²) in [6.07, 6.45) is 3.22. The van der Waals surface area contributed by atoms with E-state index in [4.69, 9.17) is 16.3 Å². The van der Waals surface area contributed by atoms with Gasteiger partial charge in [-0.05, 0) is 55.8 Å². The summed E-state index contributed by atoms with van der Waals surface area (Å²) >= 11 is 6.32. The Morgan fingerprint density at radius 2 is 1.89 bits per heavy atom. The van der Waals surface area contributed by atoms with Gasteiger partial charge in [-0.3, -0.25) is 4.79 Å². The standard InChI is InChI=1S/C29H24ClN5O2/c1-19-11-12-26(24(15-19)25-13-14-32-35(25)23-9-4-3-5-10-23)37-18-27(36)34-31-17-22-16-21-8-6-7-20(2)28(21)33-29(22)30/h3-17H,18H2,1-2H3,(H,34,36)/b31-17+. The number of amides is 1. The van der Waals surface area contributed by atoms with Crippen LogP contribution in [0.3, 0.4) is 0 Å². The molecule has 0 aliphatic rings. The number of nitrogens with zero attached hydrogens (tertiary/aromatic N) is 4. The van der Waals surface area contributed by atoms with Gasteiger partial charge in [-0.1, -0.05) is 59.6 Å². The second-order valence-electron chi connectivity index (χ2n) is 8.56. The van der Waals surface area contributed by atoms with Gasteiger partial charge in [0.05, 0.1) is 29.3 Å². The van der Waals surface area contributed by atoms with E-state index >= 15 is 0 Å². The minimum Gasteiger partial charge on any atom is -0.483 e. The minimum atomic E-state index is -0.403. The van der Waals surface area contributed by atoms with E-state index in [1.165, 1.54) is 6.21 Å². The number of ether oxygens (including phenoxy) is 1. The molecule has 5 rings (SSSR count). The van der Waals surface area contributed by atoms with E-state index in [9.17, 15) is 4.79 Å². The van der Waals surface area contributed by atoms with Crippen molar-refractivity contribution in [2.75, 3.05) is 6.61 Å². The highest BCUT2D eigenvalue weighted by Crippen LogP contribution is 2.32. The molecule has 0 saturated carbocycles. The van der Waals surface area contributed by atoms with Gasteiger partial charge < -0.3 is 4.74 Å². The van der Waals surface area contributed by atoms with Crippen LogP contribution in [0, 0.1) is 13.8 Å². The molecule has 7 nitrogen and oxygen atoms in total. The third-order valence-electron chi connectivity index (χ3n) is 5.83. The molecule has 0 aliphatic carbocycles. The minimum absolute atomic E-state index is 0.213. The monoisotopic (exact) mass is 509 g/mol. The van der Waals surface area contributed by atoms with Crippen molar-refractivity contribution in [1.29, 1.82) is 0 Å². The van der Waals surface area contributed by atoms with Crippen LogP contribution in [0.4, 0.5) is 0 Å². The van der Waals surface area contributed by atoms with Gasteiger partial charge in [0.15, 0.2) is 6.61 Å². The Hall–Kier alpha value is -4.49. The van der Waals surface area contributed by atoms with Crippen LogP contribution in [0.5, 0.6) is 5.75 Å². The highest BCUT2D eigenvalue weighted by atomic mass is 35.5. The molecule has 8 heteroatoms. The van der Waals surface area contributed by atoms with E-state index in [1.807, 2.05) is 97.4 Å². The van der Waals surface area contributed by atoms with Crippen molar-refractivity contribution in [3.8, 4) is 22.7 Å². The summed E-state index contributed by atoms with van der Waals surface area (Å²) in [5.41, 5.74) is 8.66. The number of carbonyl (C=O) groups is 1. The Morgan fingerprint density at radius 1 is 1.05 bits per heavy atom. The van der Waals surface area contributed by atoms with Gasteiger partial charge in [-0.2, -0.15) is 10.2 Å². The molecule has 0 fully saturated rings. The fourth-order valence-corrected chi connectivity index (χ4v) is 4.22. The lowest BCUT2D eigenvalue weighted by atomic mass is 10.1. The van der Waals surface area contributed by atoms with Crippen molar-refractivity contribution in [2.45, 2.75) is 13.8 Å². The van der Waals surface area contributed by atoms with E-state index in [-0.39, 0.29) is 6.61 Å². The normalized spacial score (nSPS) is 11.2. The molecule has 1 amide bonds. The molecule has 0 unspecified atom stereocenters. The van der Waals surface area contributed by atoms with Crippen LogP contribution in [0.25, 0.3) is 27.8 Å². The highest BCUT2D eigenvalue weighted by Gasteiger charge is 2.14. The number of benzene rings is 3. The third kappa shape index (κ3) is 5.37. The maximum Gasteiger partial charge on any atom is 0.277 e. The zero-order valence-electron chi connectivity index (χ0n) is 20.4. The van der Waals surface area contributed by atoms with E-state index in [0.717, 1.165) is 39.0 Å². The number of hydrazone groups is 1. The summed E-state index contributed by atoms with van der Waals surface area (Å²) in [4.78, 5) is 16.9. The smallest absolute Gasteiger partial charge is 0.277 e. The van der Waals surface area contributed by atoms with Crippen LogP contribution >= 0.6 is 11.6 Å². The molecular weight excluding hydrogens is 486 g/mol. The largest absolute Gasteiger partial charge is 0.483 e. The zero-order chi connectivity index (χ0) is 25.8. The second-order valence-corrected chi connectivity index (χ2v) is 8.92. The number of hydrogen-bond acceptors (Lipinski definition) is 5. The van der Waals surface area contributed by atoms with Gasteiger partial charge in [-0.15, -0.1) is 0 Å². The predicted octanol–water partition coefficient (Wildman–Crippen LogP) is 5.89. The predicted molar refractivity (Wildman–Crippen MR) is 146 cm³/mol. The number of pyridine rings is 1. The van der Waals surface area contributed by atoms with Crippen molar-refractivity contribution in [3.05, 3.63) is 107 Å². The summed E-state index contributed by atoms with van der Waals surface area (Å²) in [5, 5.41) is 9.78. The summed E-state index contributed by atoms with van der Waals surface area (Å²) in [6, 6.07) is 25.3. The van der Waals surface area contributed by atoms with Crippen LogP contribution in [0.1, 0.15) is 16.7 Å². The maximum atomic E-state index is 12.5. The van der Waals surface area contributed by atoms with Gasteiger partial charge >= 0.3 is 0 Å². The molecule has 3 aromatic carbocycles. The van der Waals surface area contributed by atoms with Crippen LogP contribution < -0.4 is 10.2 Å². The van der Waals surface area contributed by atoms with E-state index in [1.54, 1.807) is 6.20 Å². The Labute approximate surface area is 219 Å². The Bertz CT molecular complexity index is 1610. The van der Waals surface area contributed by atoms with Crippen molar-refractivity contribution in [2.24, 2.45) is 5.10 Å². The number of nitrogens with one attached hydrogen (secondary N) is 1. The van der Waals surface area contributed by atoms with E-state index in [2.05, 4.69) is 20.6 Å². The molecule has 2 aromatic heterocycles. The van der Waals surface area contributed by atoms with Crippen LogP contribution in [-0.4, -0.2) is 33.5 Å². The van der Waals surface area contributed by atoms with Crippen LogP contribution in [0.15, 0.2) is 90.2 Å². The molecule has 0 atom stereocenters. The number of halogens is 1. The first-order chi connectivity index (χ1) is 18.0. The molecule has 184 valence electrons. The van der Waals surface area contributed by atoms with Gasteiger partial charge in [0.1, 0.15) is 10.9 Å². The van der Waals surface area contributed by atoms with Crippen LogP contribution in [0.2, 0.25) is 5.15 Å². The fraction of sp³-hybridized carbons (Fsp3) is 0.103. The Kier molecular flexibility index (Phi) is 6.96. The van der Waals surface area contributed by atoms with Gasteiger partial charge in [0.2, 0.25) is 0 Å². The first-order valence-electron chi connectivity index (χ1n) is 11.7. The molecule has 5 aromatic rings. The molecule has 1 N–H and O–H groups in total. The molecule has 37 heavy (non-hydrogen) atoms. The number of aryl methyl sites for hydroxylation is 2. The highest BCUT2D eigenvalue weighted by molar-refractivity contribution is 6.32. The molecule has 0 saturated heterocycles. The summed E-state index contributed by atoms with van der Waals surface area (Å²) < 4.78 is 7.74. The topological polar surface area (TPSA) is 81.4 Å². The quantitative estimate of drug-likeness (QED) is 0.168. The first-order valence-corrected chi connectivity index (χ1v) is 12.1. The number of fused-ring (bicyclic) bond motifs is 1. The van der Waals surface area contributed by atoms with Crippen molar-refractivity contribution in [3.63, 3.8) is 0 Å². The number of rotatable bonds is 7. The summed E-state index contributed by atoms with van der Waals surface area (Å²) in [7, 11) is 0. The second kappa shape index (κ2) is 10.6. The molecule has 0 bridgehead atoms. The van der Waals surface area contributed by atoms with Gasteiger partial charge in [0.25, 0.3) is 5.91 Å². The maximum absolute atomic E-state index is 12.5. The van der Waals surface area contributed by atoms with Gasteiger partial charge in [-0.25, -0.2) is 15.1 Å². The number of hydrogen-bond donors (Lipinski definition) is 1. The molecule has 0 aliphatic heterocycles. The number of aromatic nitrogens is 3. The average molecular weight is 510 g/mol. The summed E-state index contributed by atoms with van der Waals surface area (Å²) in [6.45, 7) is 3.77. The van der Waals surface area contributed by atoms with Crippen molar-refractivity contribution < 1.29 is 9.53 Å². The lowest BCUT2D eigenvalue weighted by Crippen LogP contribution is -2.24. The average Bonchev–Trinajstić information content (AvgIpc) is 3.39. The molecule has 0 radical (unpaired) electrons. The lowest BCUT2D eigenvalue weighted by molar-refractivity contribution is -0.123. The van der Waals surface area contributed by atoms with Gasteiger partial charge in [0, 0.05) is 16.5 Å². The first kappa shape index (κ1) is 24.2. The molecular formula is C29H24ClN5O2. The molecule has 2 heterocycles. The van der Waals surface area contributed by atoms with E-state index in [0.29, 0.717) is 16.5 Å². The Balaban J connectivity index is 1.29. The zero-order valence-corrected chi connectivity index (χ0v) is 21.1. The summed E-state index contributed by atoms with van der Waals surface area (Å²) in [5.74, 6) is 0.166. The van der Waals surface area contributed by atoms with Crippen LogP contribution in [-0.2, 0) is 4.79 Å². The fourth-order valence-electron chi connectivity index (χ4n) is 4.03. The Morgan fingerprint density at radius 3 is 2.73 bits per heavy atom. The van der Waals surface area contributed by atoms with Crippen molar-refractivity contribution >= 4 is 34.6 Å². The molecule has 0 spiro atoms. The SMILES string of the molecule is Cc1ccc(OCC(=O)N/N=C/c2cc3cccc(C)c3nc2Cl)c(-c2ccnn2-c2ccccc2)c1. The lowest BCUT2D eigenvalue weighted by Gasteiger charge is -2.14. The number of carbonyl (C=O) groups excluding carboxylic acids is 1. The third-order valence-corrected chi connectivity index (χ3v) is 6.14.